The highest BCUT2D eigenvalue weighted by Crippen LogP contribution is 2.16. The lowest BCUT2D eigenvalue weighted by Gasteiger charge is -2.19. The molecule has 1 amide bonds. The molecule has 0 aliphatic heterocycles. The third kappa shape index (κ3) is 4.15. The predicted molar refractivity (Wildman–Crippen MR) is 87.6 cm³/mol. The number of amides is 1. The average Bonchev–Trinajstić information content (AvgIpc) is 2.53. The molecule has 0 saturated carbocycles. The number of carboxylic acid groups (broad SMARTS) is 1. The molecule has 0 fully saturated rings. The first-order valence-corrected chi connectivity index (χ1v) is 7.74. The second-order valence-corrected chi connectivity index (χ2v) is 5.94. The molecule has 2 aromatic rings. The van der Waals surface area contributed by atoms with E-state index in [4.69, 9.17) is 5.11 Å². The van der Waals surface area contributed by atoms with E-state index in [1.165, 1.54) is 0 Å². The number of carbonyl (C=O) groups is 2. The van der Waals surface area contributed by atoms with Crippen LogP contribution in [0.2, 0.25) is 0 Å². The molecule has 8 nitrogen and oxygen atoms in total. The van der Waals surface area contributed by atoms with Crippen LogP contribution in [0.4, 0.5) is 0 Å². The molecule has 8 heteroatoms. The molecule has 2 N–H and O–H groups in total. The van der Waals surface area contributed by atoms with Gasteiger partial charge in [-0.2, -0.15) is 4.68 Å². The molecule has 1 atom stereocenters. The summed E-state index contributed by atoms with van der Waals surface area (Å²) in [6.07, 6.45) is 0.213. The number of nitrogens with zero attached hydrogens (tertiary/aromatic N) is 3. The van der Waals surface area contributed by atoms with Gasteiger partial charge in [0.2, 0.25) is 5.91 Å². The zero-order valence-electron chi connectivity index (χ0n) is 13.6. The van der Waals surface area contributed by atoms with E-state index < -0.39 is 17.9 Å². The van der Waals surface area contributed by atoms with E-state index in [2.05, 4.69) is 15.6 Å². The summed E-state index contributed by atoms with van der Waals surface area (Å²) in [6, 6.07) is 5.96. The van der Waals surface area contributed by atoms with Gasteiger partial charge in [0.25, 0.3) is 5.56 Å². The van der Waals surface area contributed by atoms with Crippen molar-refractivity contribution < 1.29 is 14.7 Å². The number of hydrogen-bond donors (Lipinski definition) is 2. The van der Waals surface area contributed by atoms with Crippen molar-refractivity contribution in [2.45, 2.75) is 32.7 Å². The highest BCUT2D eigenvalue weighted by atomic mass is 16.4. The highest BCUT2D eigenvalue weighted by molar-refractivity contribution is 5.81. The number of nitrogens with one attached hydrogen (secondary N) is 1. The van der Waals surface area contributed by atoms with Crippen LogP contribution in [0.25, 0.3) is 10.9 Å². The monoisotopic (exact) mass is 332 g/mol. The second-order valence-electron chi connectivity index (χ2n) is 5.94. The Balaban J connectivity index is 2.34. The number of fused-ring (bicyclic) bond motifs is 1. The summed E-state index contributed by atoms with van der Waals surface area (Å²) in [5.41, 5.74) is 0.0768. The lowest BCUT2D eigenvalue weighted by atomic mass is 10.0. The maximum absolute atomic E-state index is 12.6. The van der Waals surface area contributed by atoms with Crippen LogP contribution in [0, 0.1) is 5.92 Å². The summed E-state index contributed by atoms with van der Waals surface area (Å²) in [4.78, 5) is 35.6. The first-order chi connectivity index (χ1) is 11.4. The van der Waals surface area contributed by atoms with Gasteiger partial charge in [0.1, 0.15) is 11.6 Å². The molecular weight excluding hydrogens is 312 g/mol. The van der Waals surface area contributed by atoms with E-state index in [-0.39, 0.29) is 24.4 Å². The number of aromatic nitrogens is 3. The molecule has 0 saturated heterocycles. The topological polar surface area (TPSA) is 114 Å². The Hall–Kier alpha value is -2.77. The van der Waals surface area contributed by atoms with Crippen molar-refractivity contribution in [3.05, 3.63) is 34.6 Å². The molecule has 0 spiro atoms. The van der Waals surface area contributed by atoms with Crippen molar-refractivity contribution in [3.63, 3.8) is 0 Å². The first kappa shape index (κ1) is 17.6. The molecule has 0 aliphatic rings. The largest absolute Gasteiger partial charge is 0.481 e. The quantitative estimate of drug-likeness (QED) is 0.781. The Bertz CT molecular complexity index is 800. The number of benzene rings is 1. The zero-order chi connectivity index (χ0) is 17.7. The van der Waals surface area contributed by atoms with Crippen LogP contribution in [0.15, 0.2) is 29.1 Å². The van der Waals surface area contributed by atoms with Gasteiger partial charge in [0, 0.05) is 6.54 Å². The van der Waals surface area contributed by atoms with Crippen molar-refractivity contribution in [1.82, 2.24) is 20.3 Å². The summed E-state index contributed by atoms with van der Waals surface area (Å²) in [5.74, 6) is -1.30. The van der Waals surface area contributed by atoms with Gasteiger partial charge in [0.15, 0.2) is 0 Å². The number of carboxylic acids is 1. The molecule has 1 unspecified atom stereocenters. The average molecular weight is 332 g/mol. The van der Waals surface area contributed by atoms with Crippen LogP contribution in [0.5, 0.6) is 0 Å². The minimum Gasteiger partial charge on any atom is -0.481 e. The third-order valence-electron chi connectivity index (χ3n) is 3.52. The molecule has 0 bridgehead atoms. The number of rotatable bonds is 7. The Morgan fingerprint density at radius 1 is 1.29 bits per heavy atom. The molecule has 0 radical (unpaired) electrons. The van der Waals surface area contributed by atoms with E-state index in [1.807, 2.05) is 13.8 Å². The second kappa shape index (κ2) is 7.67. The Morgan fingerprint density at radius 2 is 2.00 bits per heavy atom. The van der Waals surface area contributed by atoms with Gasteiger partial charge in [-0.05, 0) is 24.5 Å². The minimum absolute atomic E-state index is 0.00147. The smallest absolute Gasteiger partial charge is 0.305 e. The van der Waals surface area contributed by atoms with E-state index >= 15 is 0 Å². The lowest BCUT2D eigenvalue weighted by molar-refractivity contribution is -0.137. The predicted octanol–water partition coefficient (Wildman–Crippen LogP) is 0.970. The van der Waals surface area contributed by atoms with Gasteiger partial charge in [-0.3, -0.25) is 14.4 Å². The molecule has 1 heterocycles. The van der Waals surface area contributed by atoms with Crippen molar-refractivity contribution in [3.8, 4) is 0 Å². The first-order valence-electron chi connectivity index (χ1n) is 7.74. The van der Waals surface area contributed by atoms with E-state index in [0.717, 1.165) is 4.68 Å². The number of carbonyl (C=O) groups excluding carboxylic acids is 1. The summed E-state index contributed by atoms with van der Waals surface area (Å²) in [6.45, 7) is 3.85. The zero-order valence-corrected chi connectivity index (χ0v) is 13.6. The standard InChI is InChI=1S/C16H20N4O4/c1-10(2)9-13(15(23)17-8-7-14(21)22)20-16(24)11-5-3-4-6-12(11)18-19-20/h3-6,10,13H,7-9H2,1-2H3,(H,17,23)(H,21,22). The van der Waals surface area contributed by atoms with E-state index in [0.29, 0.717) is 17.3 Å². The van der Waals surface area contributed by atoms with Gasteiger partial charge >= 0.3 is 5.97 Å². The van der Waals surface area contributed by atoms with Crippen molar-refractivity contribution in [2.24, 2.45) is 5.92 Å². The molecule has 0 aliphatic carbocycles. The maximum Gasteiger partial charge on any atom is 0.305 e. The molecule has 1 aromatic heterocycles. The Kier molecular flexibility index (Phi) is 5.62. The molecule has 128 valence electrons. The highest BCUT2D eigenvalue weighted by Gasteiger charge is 2.25. The third-order valence-corrected chi connectivity index (χ3v) is 3.52. The van der Waals surface area contributed by atoms with Crippen molar-refractivity contribution in [1.29, 1.82) is 0 Å². The summed E-state index contributed by atoms with van der Waals surface area (Å²) >= 11 is 0. The summed E-state index contributed by atoms with van der Waals surface area (Å²) in [5, 5.41) is 19.5. The normalized spacial score (nSPS) is 12.3. The van der Waals surface area contributed by atoms with Gasteiger partial charge in [-0.1, -0.05) is 31.2 Å². The van der Waals surface area contributed by atoms with Gasteiger partial charge in [0.05, 0.1) is 11.8 Å². The fourth-order valence-corrected chi connectivity index (χ4v) is 2.38. The van der Waals surface area contributed by atoms with Crippen LogP contribution in [0.1, 0.15) is 32.7 Å². The molecular formula is C16H20N4O4. The van der Waals surface area contributed by atoms with Crippen molar-refractivity contribution in [2.75, 3.05) is 6.54 Å². The van der Waals surface area contributed by atoms with Crippen LogP contribution < -0.4 is 10.9 Å². The molecule has 1 aromatic carbocycles. The van der Waals surface area contributed by atoms with Gasteiger partial charge < -0.3 is 10.4 Å². The van der Waals surface area contributed by atoms with Crippen LogP contribution in [0.3, 0.4) is 0 Å². The van der Waals surface area contributed by atoms with E-state index in [9.17, 15) is 14.4 Å². The fourth-order valence-electron chi connectivity index (χ4n) is 2.38. The Morgan fingerprint density at radius 3 is 2.67 bits per heavy atom. The van der Waals surface area contributed by atoms with Gasteiger partial charge in [-0.25, -0.2) is 0 Å². The van der Waals surface area contributed by atoms with Crippen LogP contribution in [-0.2, 0) is 9.59 Å². The van der Waals surface area contributed by atoms with Crippen molar-refractivity contribution >= 4 is 22.8 Å². The summed E-state index contributed by atoms with van der Waals surface area (Å²) < 4.78 is 1.08. The fraction of sp³-hybridized carbons (Fsp3) is 0.438. The Labute approximate surface area is 138 Å². The van der Waals surface area contributed by atoms with Crippen LogP contribution >= 0.6 is 0 Å². The van der Waals surface area contributed by atoms with Crippen LogP contribution in [-0.4, -0.2) is 38.5 Å². The minimum atomic E-state index is -1.00. The number of hydrogen-bond acceptors (Lipinski definition) is 5. The van der Waals surface area contributed by atoms with E-state index in [1.54, 1.807) is 24.3 Å². The molecule has 24 heavy (non-hydrogen) atoms. The molecule has 2 rings (SSSR count). The summed E-state index contributed by atoms with van der Waals surface area (Å²) in [7, 11) is 0. The lowest BCUT2D eigenvalue weighted by Crippen LogP contribution is -2.40. The maximum atomic E-state index is 12.6. The van der Waals surface area contributed by atoms with Gasteiger partial charge in [-0.15, -0.1) is 5.10 Å². The number of aliphatic carboxylic acids is 1. The SMILES string of the molecule is CC(C)CC(C(=O)NCCC(=O)O)n1nnc2ccccc2c1=O.